The van der Waals surface area contributed by atoms with Crippen molar-refractivity contribution in [3.8, 4) is 0 Å². The van der Waals surface area contributed by atoms with Crippen LogP contribution in [0.2, 0.25) is 0 Å². The monoisotopic (exact) mass is 335 g/mol. The van der Waals surface area contributed by atoms with E-state index in [1.807, 2.05) is 0 Å². The van der Waals surface area contributed by atoms with Crippen molar-refractivity contribution in [1.82, 2.24) is 9.80 Å². The van der Waals surface area contributed by atoms with Crippen LogP contribution in [0.5, 0.6) is 0 Å². The third-order valence-electron chi connectivity index (χ3n) is 5.16. The molecule has 0 N–H and O–H groups in total. The summed E-state index contributed by atoms with van der Waals surface area (Å²) in [4.78, 5) is 10.6. The van der Waals surface area contributed by atoms with E-state index in [1.165, 1.54) is 82.4 Å². The maximum atomic E-state index is 5.65. The molecule has 1 heterocycles. The van der Waals surface area contributed by atoms with Crippen LogP contribution in [-0.4, -0.2) is 61.9 Å². The number of hydrogen-bond acceptors (Lipinski definition) is 4. The van der Waals surface area contributed by atoms with Crippen LogP contribution in [0.25, 0.3) is 0 Å². The van der Waals surface area contributed by atoms with Crippen molar-refractivity contribution in [3.05, 3.63) is 11.6 Å². The lowest BCUT2D eigenvalue weighted by molar-refractivity contribution is 0.110. The minimum atomic E-state index is 0.749. The van der Waals surface area contributed by atoms with E-state index < -0.39 is 0 Å². The molecule has 1 saturated carbocycles. The van der Waals surface area contributed by atoms with E-state index in [2.05, 4.69) is 35.0 Å². The minimum absolute atomic E-state index is 0.749. The molecule has 2 aliphatic rings. The van der Waals surface area contributed by atoms with Gasteiger partial charge in [0.15, 0.2) is 0 Å². The van der Waals surface area contributed by atoms with Gasteiger partial charge in [-0.05, 0) is 57.6 Å². The summed E-state index contributed by atoms with van der Waals surface area (Å²) in [5.41, 5.74) is 2.67. The van der Waals surface area contributed by atoms with E-state index in [0.717, 1.165) is 26.0 Å². The first-order valence-corrected chi connectivity index (χ1v) is 10.1. The molecule has 0 atom stereocenters. The molecule has 2 fully saturated rings. The summed E-state index contributed by atoms with van der Waals surface area (Å²) in [6, 6.07) is 0. The first kappa shape index (κ1) is 19.5. The SMILES string of the molecule is CCCCC/C=C1/CCCC/C1=N\OCCCN1CCN(C)CC1. The van der Waals surface area contributed by atoms with Crippen LogP contribution in [0.4, 0.5) is 0 Å². The molecule has 1 saturated heterocycles. The van der Waals surface area contributed by atoms with E-state index >= 15 is 0 Å². The molecule has 0 aromatic rings. The Morgan fingerprint density at radius 2 is 1.83 bits per heavy atom. The van der Waals surface area contributed by atoms with Crippen molar-refractivity contribution in [1.29, 1.82) is 0 Å². The Morgan fingerprint density at radius 1 is 1.04 bits per heavy atom. The van der Waals surface area contributed by atoms with E-state index in [-0.39, 0.29) is 0 Å². The zero-order valence-corrected chi connectivity index (χ0v) is 15.9. The summed E-state index contributed by atoms with van der Waals surface area (Å²) >= 11 is 0. The number of rotatable bonds is 9. The highest BCUT2D eigenvalue weighted by Crippen LogP contribution is 2.22. The van der Waals surface area contributed by atoms with E-state index in [4.69, 9.17) is 4.84 Å². The van der Waals surface area contributed by atoms with Crippen molar-refractivity contribution in [2.45, 2.75) is 64.7 Å². The molecule has 24 heavy (non-hydrogen) atoms. The molecule has 1 aliphatic heterocycles. The van der Waals surface area contributed by atoms with Crippen LogP contribution in [0.1, 0.15) is 64.7 Å². The Balaban J connectivity index is 1.65. The number of likely N-dealkylation sites (N-methyl/N-ethyl adjacent to an activating group) is 1. The van der Waals surface area contributed by atoms with Gasteiger partial charge in [0.1, 0.15) is 6.61 Å². The van der Waals surface area contributed by atoms with Gasteiger partial charge in [-0.25, -0.2) is 0 Å². The largest absolute Gasteiger partial charge is 0.396 e. The molecule has 138 valence electrons. The molecular weight excluding hydrogens is 298 g/mol. The summed E-state index contributed by atoms with van der Waals surface area (Å²) in [6.45, 7) is 8.91. The van der Waals surface area contributed by atoms with Gasteiger partial charge < -0.3 is 14.6 Å². The molecule has 4 nitrogen and oxygen atoms in total. The molecule has 0 amide bonds. The Labute approximate surface area is 148 Å². The lowest BCUT2D eigenvalue weighted by Gasteiger charge is -2.32. The van der Waals surface area contributed by atoms with E-state index in [0.29, 0.717) is 0 Å². The number of piperazine rings is 1. The molecule has 4 heteroatoms. The Morgan fingerprint density at radius 3 is 2.62 bits per heavy atom. The van der Waals surface area contributed by atoms with Gasteiger partial charge in [0.05, 0.1) is 5.71 Å². The van der Waals surface area contributed by atoms with Gasteiger partial charge in [0, 0.05) is 32.7 Å². The molecule has 0 spiro atoms. The van der Waals surface area contributed by atoms with Gasteiger partial charge in [0.2, 0.25) is 0 Å². The molecule has 0 unspecified atom stereocenters. The zero-order chi connectivity index (χ0) is 17.0. The van der Waals surface area contributed by atoms with Crippen LogP contribution in [0.15, 0.2) is 16.8 Å². The standard InChI is InChI=1S/C20H37N3O/c1-3-4-5-6-10-19-11-7-8-12-20(19)21-24-18-9-13-23-16-14-22(2)15-17-23/h10H,3-9,11-18H2,1-2H3/b19-10-,21-20+. The predicted molar refractivity (Wildman–Crippen MR) is 103 cm³/mol. The summed E-state index contributed by atoms with van der Waals surface area (Å²) < 4.78 is 0. The van der Waals surface area contributed by atoms with Crippen LogP contribution in [-0.2, 0) is 4.84 Å². The van der Waals surface area contributed by atoms with Gasteiger partial charge in [-0.15, -0.1) is 0 Å². The molecular formula is C20H37N3O. The fourth-order valence-corrected chi connectivity index (χ4v) is 3.46. The molecule has 1 aliphatic carbocycles. The van der Waals surface area contributed by atoms with Gasteiger partial charge in [0.25, 0.3) is 0 Å². The highest BCUT2D eigenvalue weighted by molar-refractivity contribution is 6.00. The Kier molecular flexibility index (Phi) is 9.44. The average molecular weight is 336 g/mol. The highest BCUT2D eigenvalue weighted by Gasteiger charge is 2.14. The van der Waals surface area contributed by atoms with Gasteiger partial charge in [-0.1, -0.05) is 31.0 Å². The maximum Gasteiger partial charge on any atom is 0.118 e. The number of nitrogens with zero attached hydrogens (tertiary/aromatic N) is 3. The lowest BCUT2D eigenvalue weighted by atomic mass is 9.92. The number of allylic oxidation sites excluding steroid dienone is 2. The fraction of sp³-hybridized carbons (Fsp3) is 0.850. The first-order chi connectivity index (χ1) is 11.8. The van der Waals surface area contributed by atoms with Crippen LogP contribution < -0.4 is 0 Å². The predicted octanol–water partition coefficient (Wildman–Crippen LogP) is 4.08. The minimum Gasteiger partial charge on any atom is -0.396 e. The second kappa shape index (κ2) is 11.6. The van der Waals surface area contributed by atoms with Crippen molar-refractivity contribution in [3.63, 3.8) is 0 Å². The number of oxime groups is 1. The lowest BCUT2D eigenvalue weighted by Crippen LogP contribution is -2.44. The second-order valence-corrected chi connectivity index (χ2v) is 7.30. The van der Waals surface area contributed by atoms with Crippen LogP contribution in [0, 0.1) is 0 Å². The van der Waals surface area contributed by atoms with Crippen LogP contribution >= 0.6 is 0 Å². The summed E-state index contributed by atoms with van der Waals surface area (Å²) in [5.74, 6) is 0. The summed E-state index contributed by atoms with van der Waals surface area (Å²) in [5, 5.41) is 4.48. The molecule has 0 radical (unpaired) electrons. The molecule has 0 aromatic carbocycles. The van der Waals surface area contributed by atoms with Crippen molar-refractivity contribution in [2.75, 3.05) is 46.4 Å². The third-order valence-corrected chi connectivity index (χ3v) is 5.16. The van der Waals surface area contributed by atoms with Gasteiger partial charge in [-0.2, -0.15) is 0 Å². The summed E-state index contributed by atoms with van der Waals surface area (Å²) in [6.07, 6.45) is 13.5. The maximum absolute atomic E-state index is 5.65. The topological polar surface area (TPSA) is 28.1 Å². The van der Waals surface area contributed by atoms with Crippen molar-refractivity contribution < 1.29 is 4.84 Å². The molecule has 2 rings (SSSR count). The smallest absolute Gasteiger partial charge is 0.118 e. The summed E-state index contributed by atoms with van der Waals surface area (Å²) in [7, 11) is 2.20. The number of hydrogen-bond donors (Lipinski definition) is 0. The van der Waals surface area contributed by atoms with Gasteiger partial charge in [-0.3, -0.25) is 0 Å². The fourth-order valence-electron chi connectivity index (χ4n) is 3.46. The average Bonchev–Trinajstić information content (AvgIpc) is 2.61. The molecule has 0 bridgehead atoms. The second-order valence-electron chi connectivity index (χ2n) is 7.30. The Hall–Kier alpha value is -0.870. The van der Waals surface area contributed by atoms with E-state index in [1.54, 1.807) is 0 Å². The number of unbranched alkanes of at least 4 members (excludes halogenated alkanes) is 3. The van der Waals surface area contributed by atoms with Crippen molar-refractivity contribution >= 4 is 5.71 Å². The Bertz CT molecular complexity index is 398. The first-order valence-electron chi connectivity index (χ1n) is 10.1. The van der Waals surface area contributed by atoms with Gasteiger partial charge >= 0.3 is 0 Å². The quantitative estimate of drug-likeness (QED) is 0.469. The normalized spacial score (nSPS) is 23.9. The zero-order valence-electron chi connectivity index (χ0n) is 15.9. The highest BCUT2D eigenvalue weighted by atomic mass is 16.6. The van der Waals surface area contributed by atoms with Crippen molar-refractivity contribution in [2.24, 2.45) is 5.16 Å². The van der Waals surface area contributed by atoms with Crippen LogP contribution in [0.3, 0.4) is 0 Å². The third kappa shape index (κ3) is 7.35. The van der Waals surface area contributed by atoms with E-state index in [9.17, 15) is 0 Å². The molecule has 0 aromatic heterocycles.